The van der Waals surface area contributed by atoms with E-state index < -0.39 is 68.3 Å². The van der Waals surface area contributed by atoms with Crippen LogP contribution in [0.25, 0.3) is 0 Å². The Bertz CT molecular complexity index is 351. The fourth-order valence-corrected chi connectivity index (χ4v) is 2.51. The van der Waals surface area contributed by atoms with Gasteiger partial charge in [0.1, 0.15) is 48.8 Å². The number of ether oxygens (including phenoxy) is 3. The molecule has 10 nitrogen and oxygen atoms in total. The summed E-state index contributed by atoms with van der Waals surface area (Å²) < 4.78 is 15.6. The summed E-state index contributed by atoms with van der Waals surface area (Å²) in [6, 6.07) is 0. The van der Waals surface area contributed by atoms with Crippen molar-refractivity contribution in [1.29, 1.82) is 0 Å². The molecule has 2 aliphatic heterocycles. The van der Waals surface area contributed by atoms with Crippen molar-refractivity contribution in [3.05, 3.63) is 0 Å². The minimum Gasteiger partial charge on any atom is -0.394 e. The molecule has 130 valence electrons. The van der Waals surface area contributed by atoms with Gasteiger partial charge in [-0.05, 0) is 0 Å². The quantitative estimate of drug-likeness (QED) is 0.266. The van der Waals surface area contributed by atoms with E-state index in [1.165, 1.54) is 0 Å². The van der Waals surface area contributed by atoms with E-state index in [-0.39, 0.29) is 6.61 Å². The first kappa shape index (κ1) is 17.9. The van der Waals surface area contributed by atoms with Crippen molar-refractivity contribution in [3.63, 3.8) is 0 Å². The predicted molar refractivity (Wildman–Crippen MR) is 67.5 cm³/mol. The van der Waals surface area contributed by atoms with E-state index in [2.05, 4.69) is 0 Å². The van der Waals surface area contributed by atoms with E-state index in [1.54, 1.807) is 0 Å². The molecule has 2 rings (SSSR count). The maximum Gasteiger partial charge on any atom is 0.187 e. The summed E-state index contributed by atoms with van der Waals surface area (Å²) in [5.74, 6) is 0. The SMILES string of the molecule is OCC1O[C@H](O[C@@H]2C(CO)OCC(O)C2O)C(O)C(O)[C@H]1O. The van der Waals surface area contributed by atoms with Crippen LogP contribution in [0.4, 0.5) is 0 Å². The third-order valence-electron chi connectivity index (χ3n) is 3.90. The lowest BCUT2D eigenvalue weighted by molar-refractivity contribution is -0.336. The number of rotatable bonds is 4. The Hall–Kier alpha value is -0.400. The van der Waals surface area contributed by atoms with Crippen LogP contribution in [0.5, 0.6) is 0 Å². The second kappa shape index (κ2) is 7.45. The van der Waals surface area contributed by atoms with Crippen LogP contribution in [0.2, 0.25) is 0 Å². The molecule has 0 aliphatic carbocycles. The van der Waals surface area contributed by atoms with E-state index >= 15 is 0 Å². The van der Waals surface area contributed by atoms with Crippen molar-refractivity contribution in [1.82, 2.24) is 0 Å². The highest BCUT2D eigenvalue weighted by Crippen LogP contribution is 2.27. The Balaban J connectivity index is 2.09. The Morgan fingerprint density at radius 1 is 0.818 bits per heavy atom. The van der Waals surface area contributed by atoms with E-state index in [0.29, 0.717) is 0 Å². The zero-order valence-corrected chi connectivity index (χ0v) is 11.7. The highest BCUT2D eigenvalue weighted by atomic mass is 16.7. The maximum atomic E-state index is 9.93. The molecule has 22 heavy (non-hydrogen) atoms. The van der Waals surface area contributed by atoms with Crippen molar-refractivity contribution in [2.75, 3.05) is 19.8 Å². The summed E-state index contributed by atoms with van der Waals surface area (Å²) in [4.78, 5) is 0. The second-order valence-corrected chi connectivity index (χ2v) is 5.41. The summed E-state index contributed by atoms with van der Waals surface area (Å²) >= 11 is 0. The van der Waals surface area contributed by atoms with Crippen molar-refractivity contribution < 1.29 is 50.0 Å². The van der Waals surface area contributed by atoms with E-state index in [9.17, 15) is 30.6 Å². The molecule has 7 N–H and O–H groups in total. The molecule has 0 amide bonds. The molecule has 6 unspecified atom stereocenters. The lowest BCUT2D eigenvalue weighted by Gasteiger charge is -2.44. The Labute approximate surface area is 126 Å². The van der Waals surface area contributed by atoms with Crippen LogP contribution in [0.1, 0.15) is 0 Å². The van der Waals surface area contributed by atoms with Crippen LogP contribution in [0.15, 0.2) is 0 Å². The summed E-state index contributed by atoms with van der Waals surface area (Å²) in [6.07, 6.45) is -12.3. The van der Waals surface area contributed by atoms with Gasteiger partial charge in [-0.2, -0.15) is 0 Å². The maximum absolute atomic E-state index is 9.93. The predicted octanol–water partition coefficient (Wildman–Crippen LogP) is -4.72. The largest absolute Gasteiger partial charge is 0.394 e. The van der Waals surface area contributed by atoms with Gasteiger partial charge in [0.15, 0.2) is 6.29 Å². The third-order valence-corrected chi connectivity index (χ3v) is 3.90. The number of aliphatic hydroxyl groups excluding tert-OH is 7. The second-order valence-electron chi connectivity index (χ2n) is 5.41. The summed E-state index contributed by atoms with van der Waals surface area (Å²) in [5.41, 5.74) is 0. The lowest BCUT2D eigenvalue weighted by atomic mass is 9.97. The molecule has 2 heterocycles. The van der Waals surface area contributed by atoms with Gasteiger partial charge in [0.05, 0.1) is 19.8 Å². The normalized spacial score (nSPS) is 50.0. The van der Waals surface area contributed by atoms with E-state index in [0.717, 1.165) is 0 Å². The first-order valence-corrected chi connectivity index (χ1v) is 6.95. The average Bonchev–Trinajstić information content (AvgIpc) is 2.52. The molecule has 0 aromatic heterocycles. The van der Waals surface area contributed by atoms with Gasteiger partial charge in [-0.25, -0.2) is 0 Å². The summed E-state index contributed by atoms with van der Waals surface area (Å²) in [5, 5.41) is 67.0. The van der Waals surface area contributed by atoms with E-state index in [1.807, 2.05) is 0 Å². The number of aliphatic hydroxyl groups is 7. The van der Waals surface area contributed by atoms with E-state index in [4.69, 9.17) is 19.3 Å². The molecule has 0 saturated carbocycles. The van der Waals surface area contributed by atoms with Gasteiger partial charge in [0.2, 0.25) is 0 Å². The van der Waals surface area contributed by atoms with Gasteiger partial charge >= 0.3 is 0 Å². The highest BCUT2D eigenvalue weighted by molar-refractivity contribution is 4.92. The number of hydrogen-bond donors (Lipinski definition) is 7. The highest BCUT2D eigenvalue weighted by Gasteiger charge is 2.48. The molecular weight excluding hydrogens is 304 g/mol. The summed E-state index contributed by atoms with van der Waals surface area (Å²) in [7, 11) is 0. The van der Waals surface area contributed by atoms with Crippen molar-refractivity contribution in [2.24, 2.45) is 0 Å². The minimum absolute atomic E-state index is 0.194. The topological polar surface area (TPSA) is 169 Å². The summed E-state index contributed by atoms with van der Waals surface area (Å²) in [6.45, 7) is -1.33. The standard InChI is InChI=1S/C12H22O10/c13-1-5-8(17)9(18)10(19)12(21-5)22-11-6(2-14)20-3-4(15)7(11)16/h4-19H,1-3H2/t4?,5?,6?,7?,8-,9?,10?,11+,12+/m0/s1. The van der Waals surface area contributed by atoms with Crippen LogP contribution in [0.3, 0.4) is 0 Å². The lowest BCUT2D eigenvalue weighted by Crippen LogP contribution is -2.63. The molecule has 0 radical (unpaired) electrons. The monoisotopic (exact) mass is 326 g/mol. The number of hydrogen-bond acceptors (Lipinski definition) is 10. The van der Waals surface area contributed by atoms with Crippen molar-refractivity contribution in [2.45, 2.75) is 55.1 Å². The molecule has 0 aromatic carbocycles. The van der Waals surface area contributed by atoms with Gasteiger partial charge in [-0.1, -0.05) is 0 Å². The van der Waals surface area contributed by atoms with Gasteiger partial charge in [-0.15, -0.1) is 0 Å². The molecule has 2 aliphatic rings. The zero-order chi connectivity index (χ0) is 16.4. The van der Waals surface area contributed by atoms with Gasteiger partial charge < -0.3 is 50.0 Å². The van der Waals surface area contributed by atoms with Gasteiger partial charge in [0.25, 0.3) is 0 Å². The molecule has 0 bridgehead atoms. The fourth-order valence-electron chi connectivity index (χ4n) is 2.51. The molecular formula is C12H22O10. The van der Waals surface area contributed by atoms with Gasteiger partial charge in [0, 0.05) is 0 Å². The van der Waals surface area contributed by atoms with Crippen LogP contribution in [0, 0.1) is 0 Å². The Morgan fingerprint density at radius 3 is 2.05 bits per heavy atom. The van der Waals surface area contributed by atoms with Crippen LogP contribution < -0.4 is 0 Å². The van der Waals surface area contributed by atoms with Gasteiger partial charge in [-0.3, -0.25) is 0 Å². The average molecular weight is 326 g/mol. The molecule has 0 spiro atoms. The molecule has 0 aromatic rings. The van der Waals surface area contributed by atoms with Crippen LogP contribution >= 0.6 is 0 Å². The van der Waals surface area contributed by atoms with Crippen LogP contribution in [-0.4, -0.2) is 111 Å². The zero-order valence-electron chi connectivity index (χ0n) is 11.7. The first-order valence-electron chi connectivity index (χ1n) is 6.95. The minimum atomic E-state index is -1.65. The Kier molecular flexibility index (Phi) is 6.07. The van der Waals surface area contributed by atoms with Crippen molar-refractivity contribution in [3.8, 4) is 0 Å². The fraction of sp³-hybridized carbons (Fsp3) is 1.00. The molecule has 10 heteroatoms. The third kappa shape index (κ3) is 3.41. The molecule has 2 saturated heterocycles. The first-order chi connectivity index (χ1) is 10.4. The molecule has 9 atom stereocenters. The van der Waals surface area contributed by atoms with Crippen molar-refractivity contribution >= 4 is 0 Å². The van der Waals surface area contributed by atoms with Crippen LogP contribution in [-0.2, 0) is 14.2 Å². The molecule has 2 fully saturated rings. The Morgan fingerprint density at radius 2 is 1.45 bits per heavy atom. The smallest absolute Gasteiger partial charge is 0.187 e.